The quantitative estimate of drug-likeness (QED) is 0.410. The number of unbranched alkanes of at least 4 members (excludes halogenated alkanes) is 1. The van der Waals surface area contributed by atoms with Crippen molar-refractivity contribution in [3.05, 3.63) is 0 Å². The molecule has 13 heavy (non-hydrogen) atoms. The first kappa shape index (κ1) is 15.0. The van der Waals surface area contributed by atoms with Crippen LogP contribution in [-0.4, -0.2) is 17.5 Å². The Kier molecular flexibility index (Phi) is 13.2. The number of carbonyl (C=O) groups excluding carboxylic acids is 1. The van der Waals surface area contributed by atoms with Crippen LogP contribution in [0.3, 0.4) is 0 Å². The third-order valence-corrected chi connectivity index (χ3v) is 1.55. The second-order valence-electron chi connectivity index (χ2n) is 2.27. The first-order chi connectivity index (χ1) is 6.08. The van der Waals surface area contributed by atoms with E-state index in [1.165, 1.54) is 19.8 Å². The predicted molar refractivity (Wildman–Crippen MR) is 50.2 cm³/mol. The molecule has 0 bridgehead atoms. The molecule has 0 aromatic carbocycles. The van der Waals surface area contributed by atoms with E-state index in [9.17, 15) is 9.36 Å². The van der Waals surface area contributed by atoms with Crippen molar-refractivity contribution >= 4 is 14.7 Å². The molecule has 2 atom stereocenters. The van der Waals surface area contributed by atoms with E-state index < -0.39 is 14.5 Å². The molecule has 0 rings (SSSR count). The fourth-order valence-electron chi connectivity index (χ4n) is 0.262. The molecular weight excluding hydrogens is 193 g/mol. The number of nitrogens with one attached hydrogen (secondary N) is 1. The number of hydrogen-bond acceptors (Lipinski definition) is 3. The minimum Gasteiger partial charge on any atom is -0.329 e. The molecule has 0 radical (unpaired) electrons. The summed E-state index contributed by atoms with van der Waals surface area (Å²) in [5, 5.41) is 2.13. The number of hydrogen-bond donors (Lipinski definition) is 2. The minimum atomic E-state index is -2.62. The summed E-state index contributed by atoms with van der Waals surface area (Å²) in [5.41, 5.74) is 0. The maximum absolute atomic E-state index is 9.85. The lowest BCUT2D eigenvalue weighted by molar-refractivity contribution is -0.111. The van der Waals surface area contributed by atoms with Crippen LogP contribution in [0.5, 0.6) is 0 Å². The first-order valence-electron chi connectivity index (χ1n) is 4.11. The number of rotatable bonds is 5. The molecule has 0 spiro atoms. The van der Waals surface area contributed by atoms with Gasteiger partial charge in [0.05, 0.1) is 0 Å². The summed E-state index contributed by atoms with van der Waals surface area (Å²) in [6.07, 6.45) is 2.32. The average molecular weight is 210 g/mol. The Bertz CT molecular complexity index is 140. The van der Waals surface area contributed by atoms with Crippen LogP contribution in [0.1, 0.15) is 33.6 Å². The van der Waals surface area contributed by atoms with Gasteiger partial charge in [0.15, 0.2) is 6.23 Å². The van der Waals surface area contributed by atoms with Gasteiger partial charge in [0.25, 0.3) is 0 Å². The van der Waals surface area contributed by atoms with E-state index in [0.717, 1.165) is 0 Å². The Morgan fingerprint density at radius 1 is 1.54 bits per heavy atom. The number of carbonyl (C=O) groups is 1. The molecule has 0 aliphatic carbocycles. The fraction of sp³-hybridized carbons (Fsp3) is 0.857. The highest BCUT2D eigenvalue weighted by molar-refractivity contribution is 7.32. The standard InChI is InChI=1S/C4H10.C3H6NO4P/c1-3-4-2;1-3(4-2-5)8-9(6)7/h3-4H2,1-2H3;2-3H,1H3,(H-,4,5,6,7)/p+1. The highest BCUT2D eigenvalue weighted by Crippen LogP contribution is 2.15. The van der Waals surface area contributed by atoms with Gasteiger partial charge in [-0.25, -0.2) is 0 Å². The molecule has 5 nitrogen and oxygen atoms in total. The lowest BCUT2D eigenvalue weighted by Crippen LogP contribution is -2.24. The predicted octanol–water partition coefficient (Wildman–Crippen LogP) is 1.55. The van der Waals surface area contributed by atoms with Crippen LogP contribution < -0.4 is 5.32 Å². The van der Waals surface area contributed by atoms with E-state index in [0.29, 0.717) is 6.41 Å². The Balaban J connectivity index is 0. The third kappa shape index (κ3) is 18.4. The Hall–Kier alpha value is -0.510. The normalized spacial score (nSPS) is 12.2. The Morgan fingerprint density at radius 2 is 2.00 bits per heavy atom. The van der Waals surface area contributed by atoms with E-state index in [2.05, 4.69) is 23.7 Å². The fourth-order valence-corrected chi connectivity index (χ4v) is 0.593. The van der Waals surface area contributed by atoms with Gasteiger partial charge in [0.2, 0.25) is 6.41 Å². The van der Waals surface area contributed by atoms with E-state index in [4.69, 9.17) is 4.89 Å². The van der Waals surface area contributed by atoms with Gasteiger partial charge in [-0.1, -0.05) is 31.2 Å². The van der Waals surface area contributed by atoms with Crippen LogP contribution in [0.25, 0.3) is 0 Å². The third-order valence-electron chi connectivity index (χ3n) is 1.05. The second-order valence-corrected chi connectivity index (χ2v) is 2.96. The van der Waals surface area contributed by atoms with Gasteiger partial charge in [-0.2, -0.15) is 0 Å². The molecule has 0 heterocycles. The molecule has 6 heteroatoms. The van der Waals surface area contributed by atoms with Gasteiger partial charge >= 0.3 is 8.25 Å². The molecule has 0 aromatic rings. The molecule has 0 saturated carbocycles. The molecule has 0 fully saturated rings. The Labute approximate surface area is 79.4 Å². The van der Waals surface area contributed by atoms with Crippen molar-refractivity contribution < 1.29 is 18.8 Å². The molecule has 0 aromatic heterocycles. The van der Waals surface area contributed by atoms with Crippen LogP contribution in [0, 0.1) is 0 Å². The topological polar surface area (TPSA) is 75.6 Å². The van der Waals surface area contributed by atoms with Crippen molar-refractivity contribution in [2.75, 3.05) is 0 Å². The summed E-state index contributed by atoms with van der Waals surface area (Å²) in [4.78, 5) is 17.7. The molecule has 0 saturated heterocycles. The smallest absolute Gasteiger partial charge is 0.329 e. The van der Waals surface area contributed by atoms with Crippen molar-refractivity contribution in [2.45, 2.75) is 39.8 Å². The van der Waals surface area contributed by atoms with Crippen LogP contribution in [-0.2, 0) is 13.9 Å². The average Bonchev–Trinajstić information content (AvgIpc) is 2.04. The van der Waals surface area contributed by atoms with Crippen LogP contribution in [0.4, 0.5) is 0 Å². The van der Waals surface area contributed by atoms with Crippen molar-refractivity contribution in [3.8, 4) is 0 Å². The zero-order valence-corrected chi connectivity index (χ0v) is 9.08. The maximum Gasteiger partial charge on any atom is 0.696 e. The van der Waals surface area contributed by atoms with Crippen molar-refractivity contribution in [1.82, 2.24) is 5.32 Å². The van der Waals surface area contributed by atoms with Crippen LogP contribution >= 0.6 is 8.25 Å². The maximum atomic E-state index is 9.85. The second kappa shape index (κ2) is 11.5. The molecule has 1 amide bonds. The lowest BCUT2D eigenvalue weighted by Gasteiger charge is -1.97. The first-order valence-corrected chi connectivity index (χ1v) is 5.24. The summed E-state index contributed by atoms with van der Waals surface area (Å²) in [5.74, 6) is 0. The van der Waals surface area contributed by atoms with E-state index >= 15 is 0 Å². The molecule has 0 aliphatic rings. The highest BCUT2D eigenvalue weighted by atomic mass is 31.1. The van der Waals surface area contributed by atoms with E-state index in [1.807, 2.05) is 0 Å². The Morgan fingerprint density at radius 3 is 2.23 bits per heavy atom. The van der Waals surface area contributed by atoms with Crippen molar-refractivity contribution in [3.63, 3.8) is 0 Å². The lowest BCUT2D eigenvalue weighted by atomic mass is 10.4. The summed E-state index contributed by atoms with van der Waals surface area (Å²) < 4.78 is 14.1. The van der Waals surface area contributed by atoms with E-state index in [-0.39, 0.29) is 0 Å². The van der Waals surface area contributed by atoms with Gasteiger partial charge in [-0.15, -0.1) is 4.89 Å². The van der Waals surface area contributed by atoms with Crippen molar-refractivity contribution in [2.24, 2.45) is 0 Å². The molecule has 0 aliphatic heterocycles. The number of amides is 1. The minimum absolute atomic E-state index is 0.392. The summed E-state index contributed by atoms with van der Waals surface area (Å²) in [7, 11) is -2.62. The van der Waals surface area contributed by atoms with Gasteiger partial charge in [0, 0.05) is 4.57 Å². The van der Waals surface area contributed by atoms with Crippen LogP contribution in [0.2, 0.25) is 0 Å². The summed E-state index contributed by atoms with van der Waals surface area (Å²) in [6, 6.07) is 0. The zero-order valence-electron chi connectivity index (χ0n) is 8.19. The van der Waals surface area contributed by atoms with Crippen LogP contribution in [0.15, 0.2) is 0 Å². The molecular formula is C7H17NO4P+. The summed E-state index contributed by atoms with van der Waals surface area (Å²) >= 11 is 0. The van der Waals surface area contributed by atoms with E-state index in [1.54, 1.807) is 0 Å². The SMILES string of the molecule is CC(NC=O)O[P+](=O)O.CCCC. The van der Waals surface area contributed by atoms with Gasteiger partial charge in [-0.05, 0) is 6.92 Å². The van der Waals surface area contributed by atoms with Gasteiger partial charge in [-0.3, -0.25) is 4.79 Å². The molecule has 78 valence electrons. The van der Waals surface area contributed by atoms with Gasteiger partial charge in [0.1, 0.15) is 0 Å². The van der Waals surface area contributed by atoms with Crippen molar-refractivity contribution in [1.29, 1.82) is 0 Å². The summed E-state index contributed by atoms with van der Waals surface area (Å²) in [6.45, 7) is 5.80. The monoisotopic (exact) mass is 210 g/mol. The zero-order chi connectivity index (χ0) is 10.7. The highest BCUT2D eigenvalue weighted by Gasteiger charge is 2.17. The molecule has 2 N–H and O–H groups in total. The molecule has 2 unspecified atom stereocenters. The largest absolute Gasteiger partial charge is 0.696 e. The van der Waals surface area contributed by atoms with Gasteiger partial charge < -0.3 is 5.32 Å².